The van der Waals surface area contributed by atoms with Crippen LogP contribution < -0.4 is 0 Å². The predicted octanol–water partition coefficient (Wildman–Crippen LogP) is 7.06. The number of aliphatic hydroxyl groups is 1. The summed E-state index contributed by atoms with van der Waals surface area (Å²) in [6.07, 6.45) is 18.9. The van der Waals surface area contributed by atoms with Gasteiger partial charge in [0.25, 0.3) is 0 Å². The van der Waals surface area contributed by atoms with Gasteiger partial charge in [0.15, 0.2) is 0 Å². The van der Waals surface area contributed by atoms with E-state index in [1.807, 2.05) is 30.3 Å². The van der Waals surface area contributed by atoms with Crippen LogP contribution in [0.25, 0.3) is 0 Å². The van der Waals surface area contributed by atoms with E-state index in [1.54, 1.807) is 0 Å². The SMILES string of the molecule is CCCCCCCCCCCCCCCCOC[C@@H](CO)OCc1ccccc1. The number of aliphatic hydroxyl groups excluding tert-OH is 1. The Morgan fingerprint density at radius 3 is 1.76 bits per heavy atom. The summed E-state index contributed by atoms with van der Waals surface area (Å²) in [5.74, 6) is 0. The Hall–Kier alpha value is -0.900. The van der Waals surface area contributed by atoms with Gasteiger partial charge in [-0.2, -0.15) is 0 Å². The molecule has 0 radical (unpaired) electrons. The molecule has 3 nitrogen and oxygen atoms in total. The minimum atomic E-state index is -0.234. The Kier molecular flexibility index (Phi) is 18.4. The van der Waals surface area contributed by atoms with Crippen LogP contribution in [0.3, 0.4) is 0 Å². The highest BCUT2D eigenvalue weighted by atomic mass is 16.5. The molecule has 0 aliphatic heterocycles. The van der Waals surface area contributed by atoms with Gasteiger partial charge in [-0.25, -0.2) is 0 Å². The van der Waals surface area contributed by atoms with Crippen LogP contribution in [-0.2, 0) is 16.1 Å². The first-order valence-corrected chi connectivity index (χ1v) is 12.2. The summed E-state index contributed by atoms with van der Waals surface area (Å²) in [6, 6.07) is 10.1. The van der Waals surface area contributed by atoms with Crippen molar-refractivity contribution in [3.05, 3.63) is 35.9 Å². The fraction of sp³-hybridized carbons (Fsp3) is 0.769. The lowest BCUT2D eigenvalue weighted by molar-refractivity contribution is -0.0502. The van der Waals surface area contributed by atoms with E-state index in [1.165, 1.54) is 83.5 Å². The largest absolute Gasteiger partial charge is 0.394 e. The summed E-state index contributed by atoms with van der Waals surface area (Å²) in [6.45, 7) is 4.05. The molecule has 0 aliphatic carbocycles. The molecule has 1 N–H and O–H groups in total. The highest BCUT2D eigenvalue weighted by Gasteiger charge is 2.08. The van der Waals surface area contributed by atoms with Crippen LogP contribution in [0.15, 0.2) is 30.3 Å². The molecule has 1 atom stereocenters. The second-order valence-electron chi connectivity index (χ2n) is 8.27. The van der Waals surface area contributed by atoms with E-state index >= 15 is 0 Å². The Morgan fingerprint density at radius 2 is 1.24 bits per heavy atom. The molecule has 0 aromatic heterocycles. The topological polar surface area (TPSA) is 38.7 Å². The third kappa shape index (κ3) is 16.6. The van der Waals surface area contributed by atoms with Crippen molar-refractivity contribution < 1.29 is 14.6 Å². The van der Waals surface area contributed by atoms with E-state index in [4.69, 9.17) is 9.47 Å². The normalized spacial score (nSPS) is 12.3. The van der Waals surface area contributed by atoms with Crippen LogP contribution in [0.2, 0.25) is 0 Å². The van der Waals surface area contributed by atoms with Crippen LogP contribution in [-0.4, -0.2) is 31.0 Å². The lowest BCUT2D eigenvalue weighted by Gasteiger charge is -2.15. The molecule has 0 fully saturated rings. The molecule has 1 aromatic rings. The zero-order valence-electron chi connectivity index (χ0n) is 19.0. The van der Waals surface area contributed by atoms with Crippen molar-refractivity contribution in [3.8, 4) is 0 Å². The molecule has 0 saturated carbocycles. The number of benzene rings is 1. The second kappa shape index (κ2) is 20.4. The highest BCUT2D eigenvalue weighted by Crippen LogP contribution is 2.13. The minimum Gasteiger partial charge on any atom is -0.394 e. The van der Waals surface area contributed by atoms with Gasteiger partial charge in [0.05, 0.1) is 19.8 Å². The van der Waals surface area contributed by atoms with Crippen LogP contribution in [0.4, 0.5) is 0 Å². The van der Waals surface area contributed by atoms with E-state index in [9.17, 15) is 5.11 Å². The Labute approximate surface area is 180 Å². The summed E-state index contributed by atoms with van der Waals surface area (Å²) in [5.41, 5.74) is 1.12. The lowest BCUT2D eigenvalue weighted by atomic mass is 10.0. The van der Waals surface area contributed by atoms with E-state index in [2.05, 4.69) is 6.92 Å². The molecule has 29 heavy (non-hydrogen) atoms. The van der Waals surface area contributed by atoms with Crippen LogP contribution in [0.1, 0.15) is 102 Å². The van der Waals surface area contributed by atoms with Crippen molar-refractivity contribution >= 4 is 0 Å². The fourth-order valence-electron chi connectivity index (χ4n) is 3.56. The van der Waals surface area contributed by atoms with Gasteiger partial charge in [-0.3, -0.25) is 0 Å². The maximum absolute atomic E-state index is 9.42. The predicted molar refractivity (Wildman–Crippen MR) is 123 cm³/mol. The van der Waals surface area contributed by atoms with Crippen molar-refractivity contribution in [2.45, 2.75) is 110 Å². The van der Waals surface area contributed by atoms with Gasteiger partial charge in [-0.1, -0.05) is 121 Å². The minimum absolute atomic E-state index is 0.00553. The number of hydrogen-bond donors (Lipinski definition) is 1. The van der Waals surface area contributed by atoms with E-state index in [0.717, 1.165) is 18.6 Å². The molecule has 0 aliphatic rings. The third-order valence-electron chi connectivity index (χ3n) is 5.48. The average Bonchev–Trinajstić information content (AvgIpc) is 2.76. The van der Waals surface area contributed by atoms with Gasteiger partial charge in [0.1, 0.15) is 6.10 Å². The first-order chi connectivity index (χ1) is 14.4. The van der Waals surface area contributed by atoms with E-state index < -0.39 is 0 Å². The van der Waals surface area contributed by atoms with Crippen molar-refractivity contribution in [2.24, 2.45) is 0 Å². The number of hydrogen-bond acceptors (Lipinski definition) is 3. The van der Waals surface area contributed by atoms with Gasteiger partial charge in [-0.05, 0) is 12.0 Å². The first kappa shape index (κ1) is 26.1. The third-order valence-corrected chi connectivity index (χ3v) is 5.48. The van der Waals surface area contributed by atoms with Gasteiger partial charge in [0, 0.05) is 6.61 Å². The van der Waals surface area contributed by atoms with Crippen molar-refractivity contribution in [3.63, 3.8) is 0 Å². The maximum Gasteiger partial charge on any atom is 0.104 e. The molecule has 1 aromatic carbocycles. The number of rotatable bonds is 21. The van der Waals surface area contributed by atoms with Crippen molar-refractivity contribution in [1.82, 2.24) is 0 Å². The summed E-state index contributed by atoms with van der Waals surface area (Å²) in [5, 5.41) is 9.42. The molecular formula is C26H46O3. The molecule has 168 valence electrons. The molecule has 0 bridgehead atoms. The Balaban J connectivity index is 1.81. The summed E-state index contributed by atoms with van der Waals surface area (Å²) in [4.78, 5) is 0. The zero-order chi connectivity index (χ0) is 20.8. The lowest BCUT2D eigenvalue weighted by Crippen LogP contribution is -2.24. The number of unbranched alkanes of at least 4 members (excludes halogenated alkanes) is 13. The summed E-state index contributed by atoms with van der Waals surface area (Å²) in [7, 11) is 0. The standard InChI is InChI=1S/C26H46O3/c1-2-3-4-5-6-7-8-9-10-11-12-13-14-18-21-28-24-26(22-27)29-23-25-19-16-15-17-20-25/h15-17,19-20,26-27H,2-14,18,21-24H2,1H3/t26-/m1/s1. The monoisotopic (exact) mass is 406 g/mol. The fourth-order valence-corrected chi connectivity index (χ4v) is 3.56. The first-order valence-electron chi connectivity index (χ1n) is 12.2. The molecule has 1 rings (SSSR count). The van der Waals surface area contributed by atoms with Crippen molar-refractivity contribution in [2.75, 3.05) is 19.8 Å². The van der Waals surface area contributed by atoms with Gasteiger partial charge in [-0.15, -0.1) is 0 Å². The highest BCUT2D eigenvalue weighted by molar-refractivity contribution is 5.13. The Morgan fingerprint density at radius 1 is 0.724 bits per heavy atom. The van der Waals surface area contributed by atoms with Gasteiger partial charge < -0.3 is 14.6 Å². The van der Waals surface area contributed by atoms with Gasteiger partial charge in [0.2, 0.25) is 0 Å². The van der Waals surface area contributed by atoms with Crippen LogP contribution in [0, 0.1) is 0 Å². The van der Waals surface area contributed by atoms with E-state index in [0.29, 0.717) is 13.2 Å². The van der Waals surface area contributed by atoms with E-state index in [-0.39, 0.29) is 12.7 Å². The van der Waals surface area contributed by atoms with Crippen LogP contribution in [0.5, 0.6) is 0 Å². The number of ether oxygens (including phenoxy) is 2. The smallest absolute Gasteiger partial charge is 0.104 e. The molecule has 0 heterocycles. The van der Waals surface area contributed by atoms with Crippen LogP contribution >= 0.6 is 0 Å². The Bertz CT molecular complexity index is 435. The second-order valence-corrected chi connectivity index (χ2v) is 8.27. The molecular weight excluding hydrogens is 360 g/mol. The van der Waals surface area contributed by atoms with Gasteiger partial charge >= 0.3 is 0 Å². The molecule has 0 unspecified atom stereocenters. The molecule has 0 amide bonds. The average molecular weight is 407 g/mol. The quantitative estimate of drug-likeness (QED) is 0.222. The molecule has 0 spiro atoms. The maximum atomic E-state index is 9.42. The van der Waals surface area contributed by atoms with Crippen molar-refractivity contribution in [1.29, 1.82) is 0 Å². The molecule has 0 saturated heterocycles. The summed E-state index contributed by atoms with van der Waals surface area (Å²) < 4.78 is 11.4. The molecule has 3 heteroatoms. The summed E-state index contributed by atoms with van der Waals surface area (Å²) >= 11 is 0. The zero-order valence-corrected chi connectivity index (χ0v) is 19.0.